The van der Waals surface area contributed by atoms with Crippen LogP contribution in [0, 0.1) is 5.92 Å². The van der Waals surface area contributed by atoms with Crippen molar-refractivity contribution in [1.82, 2.24) is 4.90 Å². The fraction of sp³-hybridized carbons (Fsp3) is 0.409. The van der Waals surface area contributed by atoms with Gasteiger partial charge in [0.15, 0.2) is 5.12 Å². The molecular weight excluding hydrogens is 362 g/mol. The van der Waals surface area contributed by atoms with Crippen LogP contribution in [0.3, 0.4) is 0 Å². The molecule has 1 aliphatic heterocycles. The van der Waals surface area contributed by atoms with E-state index in [2.05, 4.69) is 35.2 Å². The average molecular weight is 386 g/mol. The molecule has 0 spiro atoms. The highest BCUT2D eigenvalue weighted by atomic mass is 35.5. The van der Waals surface area contributed by atoms with Crippen molar-refractivity contribution in [3.8, 4) is 0 Å². The van der Waals surface area contributed by atoms with Crippen molar-refractivity contribution in [2.45, 2.75) is 49.1 Å². The van der Waals surface area contributed by atoms with Crippen LogP contribution in [-0.2, 0) is 4.79 Å². The quantitative estimate of drug-likeness (QED) is 0.605. The maximum atomic E-state index is 13.1. The molecule has 0 radical (unpaired) electrons. The molecule has 1 aliphatic carbocycles. The van der Waals surface area contributed by atoms with Crippen LogP contribution >= 0.6 is 23.4 Å². The minimum absolute atomic E-state index is 0.0543. The SMILES string of the molecule is O=C(Sc1ccc(Cl)cc1)[C@@H]1CCN(C2CCCC2)[C@@H]1c1ccccc1. The maximum absolute atomic E-state index is 13.1. The zero-order chi connectivity index (χ0) is 17.9. The molecule has 2 nitrogen and oxygen atoms in total. The summed E-state index contributed by atoms with van der Waals surface area (Å²) in [6, 6.07) is 19.0. The van der Waals surface area contributed by atoms with Gasteiger partial charge < -0.3 is 0 Å². The summed E-state index contributed by atoms with van der Waals surface area (Å²) in [7, 11) is 0. The molecule has 4 rings (SSSR count). The van der Waals surface area contributed by atoms with E-state index < -0.39 is 0 Å². The van der Waals surface area contributed by atoms with Gasteiger partial charge in [-0.1, -0.05) is 66.5 Å². The molecule has 0 unspecified atom stereocenters. The Hall–Kier alpha value is -1.29. The molecule has 26 heavy (non-hydrogen) atoms. The molecule has 0 bridgehead atoms. The second-order valence-corrected chi connectivity index (χ2v) is 8.82. The van der Waals surface area contributed by atoms with Gasteiger partial charge in [-0.15, -0.1) is 0 Å². The molecule has 0 N–H and O–H groups in total. The molecule has 136 valence electrons. The predicted octanol–water partition coefficient (Wildman–Crippen LogP) is 5.96. The number of thioether (sulfide) groups is 1. The molecule has 1 heterocycles. The van der Waals surface area contributed by atoms with Gasteiger partial charge in [0.1, 0.15) is 0 Å². The van der Waals surface area contributed by atoms with E-state index in [0.717, 1.165) is 17.9 Å². The van der Waals surface area contributed by atoms with Crippen LogP contribution in [-0.4, -0.2) is 22.6 Å². The highest BCUT2D eigenvalue weighted by Gasteiger charge is 2.42. The zero-order valence-corrected chi connectivity index (χ0v) is 16.4. The normalized spacial score (nSPS) is 24.2. The number of likely N-dealkylation sites (tertiary alicyclic amines) is 1. The van der Waals surface area contributed by atoms with Gasteiger partial charge >= 0.3 is 0 Å². The molecule has 2 fully saturated rings. The molecular formula is C22H24ClNOS. The third kappa shape index (κ3) is 3.85. The Kier molecular flexibility index (Phi) is 5.68. The summed E-state index contributed by atoms with van der Waals surface area (Å²) >= 11 is 7.34. The first kappa shape index (κ1) is 18.1. The molecule has 4 heteroatoms. The van der Waals surface area contributed by atoms with Crippen molar-refractivity contribution in [3.05, 3.63) is 65.2 Å². The summed E-state index contributed by atoms with van der Waals surface area (Å²) in [5.41, 5.74) is 1.28. The highest BCUT2D eigenvalue weighted by Crippen LogP contribution is 2.44. The first-order valence-electron chi connectivity index (χ1n) is 9.50. The van der Waals surface area contributed by atoms with E-state index in [9.17, 15) is 4.79 Å². The minimum Gasteiger partial charge on any atom is -0.293 e. The lowest BCUT2D eigenvalue weighted by Crippen LogP contribution is -2.35. The van der Waals surface area contributed by atoms with E-state index in [1.54, 1.807) is 0 Å². The summed E-state index contributed by atoms with van der Waals surface area (Å²) in [4.78, 5) is 16.7. The van der Waals surface area contributed by atoms with Gasteiger partial charge in [-0.05, 0) is 55.6 Å². The van der Waals surface area contributed by atoms with Gasteiger partial charge in [0, 0.05) is 27.9 Å². The van der Waals surface area contributed by atoms with Crippen LogP contribution in [0.25, 0.3) is 0 Å². The van der Waals surface area contributed by atoms with Crippen LogP contribution in [0.15, 0.2) is 59.5 Å². The zero-order valence-electron chi connectivity index (χ0n) is 14.8. The lowest BCUT2D eigenvalue weighted by atomic mass is 9.94. The van der Waals surface area contributed by atoms with Gasteiger partial charge in [0.05, 0.1) is 0 Å². The minimum atomic E-state index is 0.0543. The van der Waals surface area contributed by atoms with Crippen LogP contribution in [0.1, 0.15) is 43.7 Å². The summed E-state index contributed by atoms with van der Waals surface area (Å²) in [6.07, 6.45) is 6.14. The van der Waals surface area contributed by atoms with Crippen LogP contribution in [0.2, 0.25) is 5.02 Å². The third-order valence-corrected chi connectivity index (χ3v) is 6.97. The highest BCUT2D eigenvalue weighted by molar-refractivity contribution is 8.13. The van der Waals surface area contributed by atoms with Gasteiger partial charge in [-0.25, -0.2) is 0 Å². The number of carbonyl (C=O) groups excluding carboxylic acids is 1. The lowest BCUT2D eigenvalue weighted by molar-refractivity contribution is -0.115. The first-order chi connectivity index (χ1) is 12.7. The van der Waals surface area contributed by atoms with Gasteiger partial charge in [-0.3, -0.25) is 9.69 Å². The number of halogens is 1. The number of rotatable bonds is 4. The average Bonchev–Trinajstić information content (AvgIpc) is 3.33. The van der Waals surface area contributed by atoms with Crippen molar-refractivity contribution in [3.63, 3.8) is 0 Å². The van der Waals surface area contributed by atoms with Gasteiger partial charge in [0.2, 0.25) is 0 Å². The topological polar surface area (TPSA) is 20.3 Å². The fourth-order valence-corrected chi connectivity index (χ4v) is 5.51. The Morgan fingerprint density at radius 2 is 1.65 bits per heavy atom. The van der Waals surface area contributed by atoms with E-state index in [1.807, 2.05) is 24.3 Å². The summed E-state index contributed by atoms with van der Waals surface area (Å²) in [5.74, 6) is 0.0543. The Morgan fingerprint density at radius 1 is 0.962 bits per heavy atom. The maximum Gasteiger partial charge on any atom is 0.198 e. The number of nitrogens with zero attached hydrogens (tertiary/aromatic N) is 1. The van der Waals surface area contributed by atoms with E-state index in [4.69, 9.17) is 11.6 Å². The summed E-state index contributed by atoms with van der Waals surface area (Å²) < 4.78 is 0. The molecule has 1 saturated carbocycles. The van der Waals surface area contributed by atoms with Crippen molar-refractivity contribution in [2.75, 3.05) is 6.54 Å². The van der Waals surface area contributed by atoms with Crippen molar-refractivity contribution in [1.29, 1.82) is 0 Å². The molecule has 0 amide bonds. The second kappa shape index (κ2) is 8.16. The van der Waals surface area contributed by atoms with Crippen LogP contribution < -0.4 is 0 Å². The monoisotopic (exact) mass is 385 g/mol. The lowest BCUT2D eigenvalue weighted by Gasteiger charge is -2.32. The van der Waals surface area contributed by atoms with Crippen LogP contribution in [0.5, 0.6) is 0 Å². The second-order valence-electron chi connectivity index (χ2n) is 7.30. The number of hydrogen-bond acceptors (Lipinski definition) is 3. The Balaban J connectivity index is 1.57. The molecule has 1 saturated heterocycles. The van der Waals surface area contributed by atoms with E-state index >= 15 is 0 Å². The molecule has 2 aromatic carbocycles. The molecule has 2 atom stereocenters. The van der Waals surface area contributed by atoms with Crippen molar-refractivity contribution < 1.29 is 4.79 Å². The fourth-order valence-electron chi connectivity index (χ4n) is 4.48. The van der Waals surface area contributed by atoms with E-state index in [1.165, 1.54) is 43.0 Å². The summed E-state index contributed by atoms with van der Waals surface area (Å²) in [6.45, 7) is 1.03. The Bertz CT molecular complexity index is 742. The number of hydrogen-bond donors (Lipinski definition) is 0. The van der Waals surface area contributed by atoms with Crippen LogP contribution in [0.4, 0.5) is 0 Å². The van der Waals surface area contributed by atoms with E-state index in [0.29, 0.717) is 11.1 Å². The molecule has 2 aliphatic rings. The Morgan fingerprint density at radius 3 is 2.35 bits per heavy atom. The Labute approximate surface area is 164 Å². The first-order valence-corrected chi connectivity index (χ1v) is 10.7. The third-order valence-electron chi connectivity index (χ3n) is 5.71. The number of benzene rings is 2. The predicted molar refractivity (Wildman–Crippen MR) is 109 cm³/mol. The van der Waals surface area contributed by atoms with E-state index in [-0.39, 0.29) is 17.1 Å². The molecule has 2 aromatic rings. The van der Waals surface area contributed by atoms with Crippen molar-refractivity contribution >= 4 is 28.5 Å². The summed E-state index contributed by atoms with van der Waals surface area (Å²) in [5, 5.41) is 0.985. The molecule has 0 aromatic heterocycles. The standard InChI is InChI=1S/C22H24ClNOS/c23-17-10-12-19(13-11-17)26-22(25)20-14-15-24(18-8-4-5-9-18)21(20)16-6-2-1-3-7-16/h1-3,6-7,10-13,18,20-21H,4-5,8-9,14-15H2/t20-,21-/m1/s1. The largest absolute Gasteiger partial charge is 0.293 e. The smallest absolute Gasteiger partial charge is 0.198 e. The number of carbonyl (C=O) groups is 1. The van der Waals surface area contributed by atoms with Gasteiger partial charge in [0.25, 0.3) is 0 Å². The van der Waals surface area contributed by atoms with Crippen molar-refractivity contribution in [2.24, 2.45) is 5.92 Å². The van der Waals surface area contributed by atoms with Gasteiger partial charge in [-0.2, -0.15) is 0 Å².